The highest BCUT2D eigenvalue weighted by Gasteiger charge is 2.22. The van der Waals surface area contributed by atoms with Gasteiger partial charge in [0.2, 0.25) is 0 Å². The van der Waals surface area contributed by atoms with Crippen molar-refractivity contribution in [3.8, 4) is 0 Å². The molecular formula is C18H27ClFN3. The molecule has 1 aromatic carbocycles. The molecule has 0 spiro atoms. The second-order valence-corrected chi connectivity index (χ2v) is 7.43. The first-order valence-corrected chi connectivity index (χ1v) is 9.17. The molecule has 2 N–H and O–H groups in total. The fraction of sp³-hybridized carbons (Fsp3) is 0.667. The van der Waals surface area contributed by atoms with E-state index in [0.29, 0.717) is 16.8 Å². The second kappa shape index (κ2) is 7.82. The van der Waals surface area contributed by atoms with E-state index in [1.807, 2.05) is 0 Å². The van der Waals surface area contributed by atoms with Crippen LogP contribution in [-0.4, -0.2) is 43.7 Å². The highest BCUT2D eigenvalue weighted by Crippen LogP contribution is 2.27. The summed E-state index contributed by atoms with van der Waals surface area (Å²) in [7, 11) is 0. The average molecular weight is 340 g/mol. The molecule has 3 rings (SSSR count). The maximum absolute atomic E-state index is 14.0. The number of piperazine rings is 1. The minimum absolute atomic E-state index is 0.218. The van der Waals surface area contributed by atoms with Crippen molar-refractivity contribution in [3.63, 3.8) is 0 Å². The van der Waals surface area contributed by atoms with Crippen LogP contribution >= 0.6 is 11.6 Å². The Morgan fingerprint density at radius 1 is 1.09 bits per heavy atom. The molecule has 1 aliphatic carbocycles. The van der Waals surface area contributed by atoms with Crippen LogP contribution in [0.1, 0.15) is 32.1 Å². The molecule has 23 heavy (non-hydrogen) atoms. The maximum Gasteiger partial charge on any atom is 0.147 e. The van der Waals surface area contributed by atoms with Crippen LogP contribution in [0.4, 0.5) is 10.1 Å². The monoisotopic (exact) mass is 339 g/mol. The van der Waals surface area contributed by atoms with Gasteiger partial charge in [-0.3, -0.25) is 4.90 Å². The summed E-state index contributed by atoms with van der Waals surface area (Å²) in [5.74, 6) is 0.631. The summed E-state index contributed by atoms with van der Waals surface area (Å²) in [6.45, 7) is 4.95. The van der Waals surface area contributed by atoms with E-state index in [0.717, 1.165) is 38.6 Å². The summed E-state index contributed by atoms with van der Waals surface area (Å²) < 4.78 is 14.0. The first-order valence-electron chi connectivity index (χ1n) is 8.80. The van der Waals surface area contributed by atoms with Gasteiger partial charge in [-0.25, -0.2) is 4.39 Å². The largest absolute Gasteiger partial charge is 0.367 e. The molecule has 0 radical (unpaired) electrons. The third-order valence-electron chi connectivity index (χ3n) is 5.37. The van der Waals surface area contributed by atoms with Crippen LogP contribution in [-0.2, 0) is 0 Å². The summed E-state index contributed by atoms with van der Waals surface area (Å²) in [5.41, 5.74) is 6.65. The third kappa shape index (κ3) is 4.59. The van der Waals surface area contributed by atoms with Crippen molar-refractivity contribution in [2.75, 3.05) is 37.6 Å². The van der Waals surface area contributed by atoms with Crippen molar-refractivity contribution in [3.05, 3.63) is 29.0 Å². The van der Waals surface area contributed by atoms with Gasteiger partial charge < -0.3 is 10.6 Å². The first-order chi connectivity index (χ1) is 11.1. The Morgan fingerprint density at radius 3 is 2.43 bits per heavy atom. The predicted octanol–water partition coefficient (Wildman–Crippen LogP) is 3.51. The fourth-order valence-corrected chi connectivity index (χ4v) is 3.95. The van der Waals surface area contributed by atoms with Crippen molar-refractivity contribution in [1.82, 2.24) is 4.90 Å². The van der Waals surface area contributed by atoms with E-state index < -0.39 is 0 Å². The summed E-state index contributed by atoms with van der Waals surface area (Å²) in [4.78, 5) is 4.64. The van der Waals surface area contributed by atoms with E-state index in [1.165, 1.54) is 38.2 Å². The number of hydrogen-bond acceptors (Lipinski definition) is 3. The zero-order chi connectivity index (χ0) is 16.2. The lowest BCUT2D eigenvalue weighted by Gasteiger charge is -2.37. The molecule has 0 amide bonds. The molecule has 2 aliphatic rings. The summed E-state index contributed by atoms with van der Waals surface area (Å²) in [6.07, 6.45) is 6.23. The lowest BCUT2D eigenvalue weighted by Crippen LogP contribution is -2.47. The van der Waals surface area contributed by atoms with Crippen molar-refractivity contribution in [2.45, 2.75) is 38.1 Å². The highest BCUT2D eigenvalue weighted by atomic mass is 35.5. The summed E-state index contributed by atoms with van der Waals surface area (Å²) >= 11 is 5.83. The Morgan fingerprint density at radius 2 is 1.78 bits per heavy atom. The van der Waals surface area contributed by atoms with E-state index in [4.69, 9.17) is 17.3 Å². The molecule has 2 fully saturated rings. The number of benzene rings is 1. The van der Waals surface area contributed by atoms with E-state index in [1.54, 1.807) is 12.1 Å². The van der Waals surface area contributed by atoms with Gasteiger partial charge in [0.15, 0.2) is 0 Å². The zero-order valence-electron chi connectivity index (χ0n) is 13.7. The van der Waals surface area contributed by atoms with Gasteiger partial charge in [0.25, 0.3) is 0 Å². The number of hydrogen-bond donors (Lipinski definition) is 1. The topological polar surface area (TPSA) is 32.5 Å². The quantitative estimate of drug-likeness (QED) is 0.911. The van der Waals surface area contributed by atoms with Gasteiger partial charge in [0.1, 0.15) is 5.82 Å². The van der Waals surface area contributed by atoms with E-state index >= 15 is 0 Å². The van der Waals surface area contributed by atoms with Crippen LogP contribution < -0.4 is 10.6 Å². The SMILES string of the molecule is NC1CCC(CCN2CCN(c3ccc(Cl)cc3F)CC2)CC1. The molecule has 128 valence electrons. The lowest BCUT2D eigenvalue weighted by atomic mass is 9.84. The molecule has 1 saturated heterocycles. The molecule has 0 aromatic heterocycles. The minimum atomic E-state index is -0.218. The Hall–Kier alpha value is -0.840. The van der Waals surface area contributed by atoms with Gasteiger partial charge in [-0.05, 0) is 62.8 Å². The van der Waals surface area contributed by atoms with Crippen LogP contribution in [0.5, 0.6) is 0 Å². The van der Waals surface area contributed by atoms with Gasteiger partial charge in [-0.15, -0.1) is 0 Å². The molecule has 0 bridgehead atoms. The van der Waals surface area contributed by atoms with Crippen molar-refractivity contribution in [2.24, 2.45) is 11.7 Å². The van der Waals surface area contributed by atoms with Gasteiger partial charge in [0, 0.05) is 37.2 Å². The molecule has 3 nitrogen and oxygen atoms in total. The Labute approximate surface area is 143 Å². The Bertz CT molecular complexity index is 509. The third-order valence-corrected chi connectivity index (χ3v) is 5.60. The van der Waals surface area contributed by atoms with Crippen LogP contribution in [0.15, 0.2) is 18.2 Å². The van der Waals surface area contributed by atoms with Gasteiger partial charge in [0.05, 0.1) is 5.69 Å². The second-order valence-electron chi connectivity index (χ2n) is 6.99. The van der Waals surface area contributed by atoms with Gasteiger partial charge >= 0.3 is 0 Å². The Balaban J connectivity index is 1.43. The Kier molecular flexibility index (Phi) is 5.78. The standard InChI is InChI=1S/C18H27ClFN3/c19-15-3-6-18(17(20)13-15)23-11-9-22(10-12-23)8-7-14-1-4-16(21)5-2-14/h3,6,13-14,16H,1-2,4-5,7-12,21H2. The van der Waals surface area contributed by atoms with Crippen LogP contribution in [0.2, 0.25) is 5.02 Å². The average Bonchev–Trinajstić information content (AvgIpc) is 2.55. The number of nitrogens with two attached hydrogens (primary N) is 1. The van der Waals surface area contributed by atoms with Crippen LogP contribution in [0.3, 0.4) is 0 Å². The smallest absolute Gasteiger partial charge is 0.147 e. The number of nitrogens with zero attached hydrogens (tertiary/aromatic N) is 2. The van der Waals surface area contributed by atoms with Crippen molar-refractivity contribution >= 4 is 17.3 Å². The molecular weight excluding hydrogens is 313 g/mol. The van der Waals surface area contributed by atoms with Crippen LogP contribution in [0.25, 0.3) is 0 Å². The molecule has 1 aromatic rings. The normalized spacial score (nSPS) is 26.5. The van der Waals surface area contributed by atoms with E-state index in [9.17, 15) is 4.39 Å². The number of rotatable bonds is 4. The zero-order valence-corrected chi connectivity index (χ0v) is 14.4. The fourth-order valence-electron chi connectivity index (χ4n) is 3.79. The molecule has 1 heterocycles. The predicted molar refractivity (Wildman–Crippen MR) is 94.6 cm³/mol. The number of anilines is 1. The van der Waals surface area contributed by atoms with Crippen molar-refractivity contribution < 1.29 is 4.39 Å². The molecule has 5 heteroatoms. The minimum Gasteiger partial charge on any atom is -0.367 e. The molecule has 0 unspecified atom stereocenters. The molecule has 1 aliphatic heterocycles. The highest BCUT2D eigenvalue weighted by molar-refractivity contribution is 6.30. The summed E-state index contributed by atoms with van der Waals surface area (Å²) in [6, 6.07) is 5.39. The van der Waals surface area contributed by atoms with Gasteiger partial charge in [-0.1, -0.05) is 11.6 Å². The van der Waals surface area contributed by atoms with E-state index in [2.05, 4.69) is 9.80 Å². The molecule has 1 saturated carbocycles. The molecule has 0 atom stereocenters. The van der Waals surface area contributed by atoms with E-state index in [-0.39, 0.29) is 5.82 Å². The first kappa shape index (κ1) is 17.0. The maximum atomic E-state index is 14.0. The summed E-state index contributed by atoms with van der Waals surface area (Å²) in [5, 5.41) is 0.456. The van der Waals surface area contributed by atoms with Crippen molar-refractivity contribution in [1.29, 1.82) is 0 Å². The van der Waals surface area contributed by atoms with Gasteiger partial charge in [-0.2, -0.15) is 0 Å². The number of halogens is 2. The van der Waals surface area contributed by atoms with Crippen LogP contribution in [0, 0.1) is 11.7 Å². The lowest BCUT2D eigenvalue weighted by molar-refractivity contribution is 0.216.